The summed E-state index contributed by atoms with van der Waals surface area (Å²) in [5.74, 6) is 2.05. The first-order valence-corrected chi connectivity index (χ1v) is 7.67. The van der Waals surface area contributed by atoms with Gasteiger partial charge in [0, 0.05) is 6.04 Å². The quantitative estimate of drug-likeness (QED) is 0.828. The molecule has 0 spiro atoms. The normalized spacial score (nSPS) is 12.9. The molecule has 120 valence electrons. The first-order valence-electron chi connectivity index (χ1n) is 7.67. The lowest BCUT2D eigenvalue weighted by atomic mass is 9.83. The molecule has 1 aromatic carbocycles. The van der Waals surface area contributed by atoms with E-state index in [9.17, 15) is 0 Å². The topological polar surface area (TPSA) is 53.7 Å². The summed E-state index contributed by atoms with van der Waals surface area (Å²) < 4.78 is 17.1. The fourth-order valence-electron chi connectivity index (χ4n) is 2.09. The van der Waals surface area contributed by atoms with Crippen molar-refractivity contribution < 1.29 is 14.2 Å². The maximum absolute atomic E-state index is 6.37. The Morgan fingerprint density at radius 2 is 1.33 bits per heavy atom. The average Bonchev–Trinajstić information content (AvgIpc) is 2.40. The van der Waals surface area contributed by atoms with Gasteiger partial charge in [-0.15, -0.1) is 0 Å². The third-order valence-electron chi connectivity index (χ3n) is 3.22. The number of rotatable bonds is 7. The highest BCUT2D eigenvalue weighted by Crippen LogP contribution is 2.42. The highest BCUT2D eigenvalue weighted by atomic mass is 16.5. The Bertz CT molecular complexity index is 425. The van der Waals surface area contributed by atoms with Crippen molar-refractivity contribution in [2.75, 3.05) is 19.8 Å². The van der Waals surface area contributed by atoms with Crippen LogP contribution in [-0.4, -0.2) is 19.8 Å². The minimum Gasteiger partial charge on any atom is -0.490 e. The third kappa shape index (κ3) is 4.53. The van der Waals surface area contributed by atoms with Gasteiger partial charge in [0.2, 0.25) is 5.75 Å². The van der Waals surface area contributed by atoms with Gasteiger partial charge in [0.25, 0.3) is 0 Å². The molecule has 1 rings (SSSR count). The van der Waals surface area contributed by atoms with Gasteiger partial charge in [0.05, 0.1) is 19.8 Å². The summed E-state index contributed by atoms with van der Waals surface area (Å²) in [6.07, 6.45) is 0. The zero-order valence-corrected chi connectivity index (χ0v) is 14.2. The van der Waals surface area contributed by atoms with Gasteiger partial charge in [-0.2, -0.15) is 0 Å². The Balaban J connectivity index is 3.34. The molecule has 0 saturated heterocycles. The second kappa shape index (κ2) is 7.55. The van der Waals surface area contributed by atoms with Crippen LogP contribution < -0.4 is 19.9 Å². The van der Waals surface area contributed by atoms with Crippen LogP contribution in [0.25, 0.3) is 0 Å². The zero-order chi connectivity index (χ0) is 16.0. The van der Waals surface area contributed by atoms with Gasteiger partial charge in [0.15, 0.2) is 11.5 Å². The molecular formula is C17H29NO3. The van der Waals surface area contributed by atoms with Crippen LogP contribution in [0.1, 0.15) is 53.1 Å². The molecule has 0 fully saturated rings. The number of hydrogen-bond acceptors (Lipinski definition) is 4. The van der Waals surface area contributed by atoms with Crippen molar-refractivity contribution in [1.29, 1.82) is 0 Å². The van der Waals surface area contributed by atoms with Gasteiger partial charge in [0.1, 0.15) is 0 Å². The van der Waals surface area contributed by atoms with Crippen molar-refractivity contribution in [3.05, 3.63) is 17.7 Å². The number of benzene rings is 1. The van der Waals surface area contributed by atoms with Crippen LogP contribution >= 0.6 is 0 Å². The Kier molecular flexibility index (Phi) is 6.34. The lowest BCUT2D eigenvalue weighted by molar-refractivity contribution is 0.258. The predicted octanol–water partition coefficient (Wildman–Crippen LogP) is 3.93. The Morgan fingerprint density at radius 3 is 1.67 bits per heavy atom. The van der Waals surface area contributed by atoms with Gasteiger partial charge >= 0.3 is 0 Å². The van der Waals surface area contributed by atoms with Crippen LogP contribution in [0, 0.1) is 5.41 Å². The molecule has 0 bridgehead atoms. The van der Waals surface area contributed by atoms with Crippen LogP contribution in [0.5, 0.6) is 17.2 Å². The maximum Gasteiger partial charge on any atom is 0.203 e. The molecule has 0 heterocycles. The zero-order valence-electron chi connectivity index (χ0n) is 14.2. The molecule has 1 aromatic rings. The molecule has 0 saturated carbocycles. The minimum absolute atomic E-state index is 0.0416. The van der Waals surface area contributed by atoms with E-state index < -0.39 is 0 Å². The Hall–Kier alpha value is -1.42. The highest BCUT2D eigenvalue weighted by molar-refractivity contribution is 5.54. The molecule has 1 unspecified atom stereocenters. The molecule has 21 heavy (non-hydrogen) atoms. The fraction of sp³-hybridized carbons (Fsp3) is 0.647. The summed E-state index contributed by atoms with van der Waals surface area (Å²) in [6, 6.07) is 3.83. The lowest BCUT2D eigenvalue weighted by Gasteiger charge is -2.28. The van der Waals surface area contributed by atoms with Crippen molar-refractivity contribution in [3.8, 4) is 17.2 Å². The number of hydrogen-bond donors (Lipinski definition) is 1. The number of nitrogens with two attached hydrogens (primary N) is 1. The summed E-state index contributed by atoms with van der Waals surface area (Å²) in [5.41, 5.74) is 7.33. The van der Waals surface area contributed by atoms with E-state index in [1.807, 2.05) is 32.9 Å². The van der Waals surface area contributed by atoms with E-state index >= 15 is 0 Å². The average molecular weight is 295 g/mol. The summed E-state index contributed by atoms with van der Waals surface area (Å²) in [5, 5.41) is 0. The van der Waals surface area contributed by atoms with E-state index in [0.29, 0.717) is 37.1 Å². The molecule has 0 radical (unpaired) electrons. The molecule has 4 heteroatoms. The summed E-state index contributed by atoms with van der Waals surface area (Å²) >= 11 is 0. The molecule has 0 aliphatic rings. The van der Waals surface area contributed by atoms with Gasteiger partial charge < -0.3 is 19.9 Å². The largest absolute Gasteiger partial charge is 0.490 e. The standard InChI is InChI=1S/C17H29NO3/c1-7-19-13-10-12(16(18)17(4,5)6)11-14(20-8-2)15(13)21-9-3/h10-11,16H,7-9,18H2,1-6H3. The van der Waals surface area contributed by atoms with Crippen molar-refractivity contribution in [2.45, 2.75) is 47.6 Å². The van der Waals surface area contributed by atoms with Gasteiger partial charge in [-0.25, -0.2) is 0 Å². The van der Waals surface area contributed by atoms with Gasteiger partial charge in [-0.3, -0.25) is 0 Å². The molecule has 0 aliphatic carbocycles. The third-order valence-corrected chi connectivity index (χ3v) is 3.22. The summed E-state index contributed by atoms with van der Waals surface area (Å²) in [6.45, 7) is 13.9. The van der Waals surface area contributed by atoms with Crippen LogP contribution in [0.2, 0.25) is 0 Å². The molecular weight excluding hydrogens is 266 g/mol. The first kappa shape index (κ1) is 17.6. The lowest BCUT2D eigenvalue weighted by Crippen LogP contribution is -2.26. The molecule has 4 nitrogen and oxygen atoms in total. The van der Waals surface area contributed by atoms with E-state index in [1.165, 1.54) is 0 Å². The van der Waals surface area contributed by atoms with Crippen LogP contribution in [-0.2, 0) is 0 Å². The Morgan fingerprint density at radius 1 is 0.905 bits per heavy atom. The summed E-state index contributed by atoms with van der Waals surface area (Å²) in [7, 11) is 0. The van der Waals surface area contributed by atoms with E-state index in [-0.39, 0.29) is 11.5 Å². The highest BCUT2D eigenvalue weighted by Gasteiger charge is 2.25. The van der Waals surface area contributed by atoms with E-state index in [0.717, 1.165) is 5.56 Å². The van der Waals surface area contributed by atoms with E-state index in [2.05, 4.69) is 20.8 Å². The van der Waals surface area contributed by atoms with Crippen LogP contribution in [0.3, 0.4) is 0 Å². The van der Waals surface area contributed by atoms with Crippen LogP contribution in [0.4, 0.5) is 0 Å². The predicted molar refractivity (Wildman–Crippen MR) is 86.3 cm³/mol. The SMILES string of the molecule is CCOc1cc(C(N)C(C)(C)C)cc(OCC)c1OCC. The monoisotopic (exact) mass is 295 g/mol. The molecule has 0 aromatic heterocycles. The molecule has 1 atom stereocenters. The van der Waals surface area contributed by atoms with Crippen molar-refractivity contribution in [2.24, 2.45) is 11.1 Å². The second-order valence-corrected chi connectivity index (χ2v) is 5.99. The molecule has 2 N–H and O–H groups in total. The Labute approximate surface area is 128 Å². The molecule has 0 amide bonds. The minimum atomic E-state index is -0.105. The number of ether oxygens (including phenoxy) is 3. The van der Waals surface area contributed by atoms with Crippen molar-refractivity contribution in [3.63, 3.8) is 0 Å². The van der Waals surface area contributed by atoms with Crippen LogP contribution in [0.15, 0.2) is 12.1 Å². The van der Waals surface area contributed by atoms with E-state index in [1.54, 1.807) is 0 Å². The van der Waals surface area contributed by atoms with Gasteiger partial charge in [-0.1, -0.05) is 20.8 Å². The second-order valence-electron chi connectivity index (χ2n) is 5.99. The smallest absolute Gasteiger partial charge is 0.203 e. The van der Waals surface area contributed by atoms with Crippen molar-refractivity contribution in [1.82, 2.24) is 0 Å². The fourth-order valence-corrected chi connectivity index (χ4v) is 2.09. The maximum atomic E-state index is 6.37. The van der Waals surface area contributed by atoms with E-state index in [4.69, 9.17) is 19.9 Å². The van der Waals surface area contributed by atoms with Gasteiger partial charge in [-0.05, 0) is 43.9 Å². The van der Waals surface area contributed by atoms with Crippen molar-refractivity contribution >= 4 is 0 Å². The first-order chi connectivity index (χ1) is 9.85. The summed E-state index contributed by atoms with van der Waals surface area (Å²) in [4.78, 5) is 0. The molecule has 0 aliphatic heterocycles.